The van der Waals surface area contributed by atoms with Gasteiger partial charge in [-0.2, -0.15) is 0 Å². The van der Waals surface area contributed by atoms with E-state index in [1.807, 2.05) is 0 Å². The van der Waals surface area contributed by atoms with Crippen LogP contribution in [-0.4, -0.2) is 11.4 Å². The molecule has 14 heavy (non-hydrogen) atoms. The second-order valence-corrected chi connectivity index (χ2v) is 4.40. The molecule has 0 amide bonds. The maximum atomic E-state index is 5.81. The van der Waals surface area contributed by atoms with Crippen LogP contribution in [0, 0.1) is 0 Å². The van der Waals surface area contributed by atoms with Crippen LogP contribution in [0.3, 0.4) is 0 Å². The number of alkyl halides is 1. The molecule has 0 radical (unpaired) electrons. The summed E-state index contributed by atoms with van der Waals surface area (Å²) in [6.45, 7) is 0.770. The molecule has 0 fully saturated rings. The average molecular weight is 255 g/mol. The summed E-state index contributed by atoms with van der Waals surface area (Å²) in [7, 11) is 0. The van der Waals surface area contributed by atoms with Gasteiger partial charge < -0.3 is 4.74 Å². The van der Waals surface area contributed by atoms with Gasteiger partial charge in [0.1, 0.15) is 0 Å². The van der Waals surface area contributed by atoms with Crippen LogP contribution in [0.2, 0.25) is 0 Å². The molecule has 1 aromatic carbocycles. The van der Waals surface area contributed by atoms with E-state index < -0.39 is 0 Å². The molecule has 2 rings (SSSR count). The molecule has 1 atom stereocenters. The fraction of sp³-hybridized carbons (Fsp3) is 0.500. The highest BCUT2D eigenvalue weighted by molar-refractivity contribution is 9.09. The van der Waals surface area contributed by atoms with Gasteiger partial charge in [-0.15, -0.1) is 0 Å². The van der Waals surface area contributed by atoms with Crippen LogP contribution in [0.15, 0.2) is 24.3 Å². The van der Waals surface area contributed by atoms with Gasteiger partial charge in [0.05, 0.1) is 12.7 Å². The van der Waals surface area contributed by atoms with E-state index in [2.05, 4.69) is 40.2 Å². The Morgan fingerprint density at radius 2 is 2.07 bits per heavy atom. The maximum absolute atomic E-state index is 5.81. The predicted molar refractivity (Wildman–Crippen MR) is 61.8 cm³/mol. The molecule has 76 valence electrons. The number of hydrogen-bond donors (Lipinski definition) is 0. The third-order valence-electron chi connectivity index (χ3n) is 2.74. The van der Waals surface area contributed by atoms with Crippen molar-refractivity contribution in [2.45, 2.75) is 32.0 Å². The normalized spacial score (nSPS) is 22.2. The van der Waals surface area contributed by atoms with Gasteiger partial charge in [-0.05, 0) is 30.4 Å². The Hall–Kier alpha value is -0.340. The molecule has 2 heteroatoms. The van der Waals surface area contributed by atoms with Crippen molar-refractivity contribution in [2.75, 3.05) is 5.33 Å². The Bertz CT molecular complexity index is 298. The predicted octanol–water partition coefficient (Wildman–Crippen LogP) is 3.30. The Morgan fingerprint density at radius 1 is 1.29 bits per heavy atom. The SMILES string of the molecule is BrCC1CCCc2ccccc2CO1. The molecule has 1 heterocycles. The van der Waals surface area contributed by atoms with Gasteiger partial charge in [-0.3, -0.25) is 0 Å². The molecule has 0 saturated carbocycles. The van der Waals surface area contributed by atoms with Gasteiger partial charge in [0.25, 0.3) is 0 Å². The van der Waals surface area contributed by atoms with Crippen LogP contribution in [0.25, 0.3) is 0 Å². The van der Waals surface area contributed by atoms with Crippen LogP contribution in [0.4, 0.5) is 0 Å². The molecule has 0 aromatic heterocycles. The van der Waals surface area contributed by atoms with E-state index in [0.29, 0.717) is 6.10 Å². The number of benzene rings is 1. The fourth-order valence-electron chi connectivity index (χ4n) is 1.88. The number of hydrogen-bond acceptors (Lipinski definition) is 1. The zero-order valence-corrected chi connectivity index (χ0v) is 9.79. The second-order valence-electron chi connectivity index (χ2n) is 3.75. The molecule has 1 aliphatic heterocycles. The van der Waals surface area contributed by atoms with Gasteiger partial charge in [-0.25, -0.2) is 0 Å². The van der Waals surface area contributed by atoms with Crippen molar-refractivity contribution in [2.24, 2.45) is 0 Å². The monoisotopic (exact) mass is 254 g/mol. The summed E-state index contributed by atoms with van der Waals surface area (Å²) in [6.07, 6.45) is 3.99. The van der Waals surface area contributed by atoms with E-state index in [9.17, 15) is 0 Å². The first kappa shape index (κ1) is 10.2. The second kappa shape index (κ2) is 4.94. The highest BCUT2D eigenvalue weighted by Gasteiger charge is 2.12. The topological polar surface area (TPSA) is 9.23 Å². The average Bonchev–Trinajstić information content (AvgIpc) is 2.19. The van der Waals surface area contributed by atoms with E-state index >= 15 is 0 Å². The maximum Gasteiger partial charge on any atom is 0.0723 e. The first-order valence-corrected chi connectivity index (χ1v) is 6.26. The summed E-state index contributed by atoms with van der Waals surface area (Å²) in [5.74, 6) is 0. The van der Waals surface area contributed by atoms with Crippen LogP contribution in [-0.2, 0) is 17.8 Å². The number of aryl methyl sites for hydroxylation is 1. The van der Waals surface area contributed by atoms with Crippen molar-refractivity contribution in [1.29, 1.82) is 0 Å². The molecular weight excluding hydrogens is 240 g/mol. The molecule has 0 bridgehead atoms. The molecule has 0 spiro atoms. The fourth-order valence-corrected chi connectivity index (χ4v) is 2.39. The molecule has 0 aliphatic carbocycles. The molecule has 1 nitrogen and oxygen atoms in total. The third-order valence-corrected chi connectivity index (χ3v) is 3.46. The standard InChI is InChI=1S/C12H15BrO/c13-8-12-7-3-6-10-4-1-2-5-11(10)9-14-12/h1-2,4-5,12H,3,6-9H2. The first-order valence-electron chi connectivity index (χ1n) is 5.14. The Morgan fingerprint density at radius 3 is 2.86 bits per heavy atom. The van der Waals surface area contributed by atoms with Crippen LogP contribution in [0.1, 0.15) is 24.0 Å². The quantitative estimate of drug-likeness (QED) is 0.699. The Kier molecular flexibility index (Phi) is 3.60. The highest BCUT2D eigenvalue weighted by Crippen LogP contribution is 2.20. The zero-order valence-electron chi connectivity index (χ0n) is 8.21. The lowest BCUT2D eigenvalue weighted by Crippen LogP contribution is -2.17. The van der Waals surface area contributed by atoms with Crippen molar-refractivity contribution in [3.63, 3.8) is 0 Å². The minimum Gasteiger partial charge on any atom is -0.373 e. The van der Waals surface area contributed by atoms with E-state index in [0.717, 1.165) is 11.9 Å². The summed E-state index contributed by atoms with van der Waals surface area (Å²) in [5.41, 5.74) is 2.82. The summed E-state index contributed by atoms with van der Waals surface area (Å²) in [4.78, 5) is 0. The first-order chi connectivity index (χ1) is 6.90. The number of rotatable bonds is 1. The van der Waals surface area contributed by atoms with E-state index in [4.69, 9.17) is 4.74 Å². The van der Waals surface area contributed by atoms with Gasteiger partial charge in [-0.1, -0.05) is 40.2 Å². The van der Waals surface area contributed by atoms with Crippen LogP contribution >= 0.6 is 15.9 Å². The zero-order chi connectivity index (χ0) is 9.80. The van der Waals surface area contributed by atoms with E-state index in [1.54, 1.807) is 0 Å². The molecule has 0 N–H and O–H groups in total. The van der Waals surface area contributed by atoms with Crippen molar-refractivity contribution in [1.82, 2.24) is 0 Å². The van der Waals surface area contributed by atoms with Gasteiger partial charge >= 0.3 is 0 Å². The van der Waals surface area contributed by atoms with Gasteiger partial charge in [0.2, 0.25) is 0 Å². The Balaban J connectivity index is 2.13. The molecule has 1 unspecified atom stereocenters. The van der Waals surface area contributed by atoms with Gasteiger partial charge in [0.15, 0.2) is 0 Å². The number of ether oxygens (including phenoxy) is 1. The lowest BCUT2D eigenvalue weighted by atomic mass is 10.00. The van der Waals surface area contributed by atoms with Crippen molar-refractivity contribution >= 4 is 15.9 Å². The van der Waals surface area contributed by atoms with Crippen molar-refractivity contribution in [3.05, 3.63) is 35.4 Å². The van der Waals surface area contributed by atoms with Crippen molar-refractivity contribution in [3.8, 4) is 0 Å². The molecule has 1 aromatic rings. The van der Waals surface area contributed by atoms with E-state index in [-0.39, 0.29) is 0 Å². The summed E-state index contributed by atoms with van der Waals surface area (Å²) in [5, 5.41) is 0.954. The van der Waals surface area contributed by atoms with Crippen LogP contribution < -0.4 is 0 Å². The van der Waals surface area contributed by atoms with Crippen molar-refractivity contribution < 1.29 is 4.74 Å². The lowest BCUT2D eigenvalue weighted by Gasteiger charge is -2.20. The van der Waals surface area contributed by atoms with E-state index in [1.165, 1.54) is 30.4 Å². The highest BCUT2D eigenvalue weighted by atomic mass is 79.9. The summed E-state index contributed by atoms with van der Waals surface area (Å²) < 4.78 is 5.81. The summed E-state index contributed by atoms with van der Waals surface area (Å²) in [6, 6.07) is 8.59. The third kappa shape index (κ3) is 2.37. The smallest absolute Gasteiger partial charge is 0.0723 e. The minimum absolute atomic E-state index is 0.392. The number of fused-ring (bicyclic) bond motifs is 1. The molecule has 1 aliphatic rings. The Labute approximate surface area is 93.6 Å². The largest absolute Gasteiger partial charge is 0.373 e. The summed E-state index contributed by atoms with van der Waals surface area (Å²) >= 11 is 3.49. The van der Waals surface area contributed by atoms with Gasteiger partial charge in [0, 0.05) is 5.33 Å². The van der Waals surface area contributed by atoms with Crippen LogP contribution in [0.5, 0.6) is 0 Å². The lowest BCUT2D eigenvalue weighted by molar-refractivity contribution is 0.0468. The molecular formula is C12H15BrO. The minimum atomic E-state index is 0.392. The molecule has 0 saturated heterocycles. The number of halogens is 1.